The first-order valence-electron chi connectivity index (χ1n) is 8.33. The van der Waals surface area contributed by atoms with Crippen molar-refractivity contribution >= 4 is 29.9 Å². The summed E-state index contributed by atoms with van der Waals surface area (Å²) >= 11 is 0. The molecular weight excluding hydrogens is 385 g/mol. The molecule has 27 heavy (non-hydrogen) atoms. The largest absolute Gasteiger partial charge is 0.418 e. The van der Waals surface area contributed by atoms with Crippen LogP contribution in [0.1, 0.15) is 12.5 Å². The Hall–Kier alpha value is -1.84. The predicted octanol–water partition coefficient (Wildman–Crippen LogP) is 1.82. The van der Waals surface area contributed by atoms with Crippen LogP contribution < -0.4 is 10.6 Å². The van der Waals surface area contributed by atoms with Gasteiger partial charge in [-0.2, -0.15) is 13.2 Å². The lowest BCUT2D eigenvalue weighted by Crippen LogP contribution is -2.53. The van der Waals surface area contributed by atoms with E-state index in [0.717, 1.165) is 25.7 Å². The number of carbonyl (C=O) groups is 2. The average molecular weight is 409 g/mol. The fourth-order valence-electron chi connectivity index (χ4n) is 2.75. The number of anilines is 1. The van der Waals surface area contributed by atoms with Crippen LogP contribution in [-0.2, 0) is 15.8 Å². The molecule has 0 aromatic heterocycles. The van der Waals surface area contributed by atoms with E-state index in [1.54, 1.807) is 0 Å². The van der Waals surface area contributed by atoms with Gasteiger partial charge in [0.1, 0.15) is 0 Å². The molecule has 152 valence electrons. The third kappa shape index (κ3) is 6.67. The quantitative estimate of drug-likeness (QED) is 0.780. The van der Waals surface area contributed by atoms with Gasteiger partial charge >= 0.3 is 6.18 Å². The summed E-state index contributed by atoms with van der Waals surface area (Å²) in [5.41, 5.74) is -1.24. The molecule has 10 heteroatoms. The number of nitrogens with one attached hydrogen (secondary N) is 2. The van der Waals surface area contributed by atoms with Crippen molar-refractivity contribution in [2.75, 3.05) is 45.1 Å². The molecule has 0 bridgehead atoms. The molecule has 0 spiro atoms. The normalized spacial score (nSPS) is 17.7. The number of para-hydroxylation sites is 1. The Morgan fingerprint density at radius 3 is 2.63 bits per heavy atom. The lowest BCUT2D eigenvalue weighted by Gasteiger charge is -2.34. The molecule has 1 saturated heterocycles. The van der Waals surface area contributed by atoms with Gasteiger partial charge in [-0.1, -0.05) is 12.1 Å². The summed E-state index contributed by atoms with van der Waals surface area (Å²) < 4.78 is 38.9. The smallest absolute Gasteiger partial charge is 0.335 e. The Balaban J connectivity index is 0.00000364. The molecule has 2 rings (SSSR count). The van der Waals surface area contributed by atoms with Crippen molar-refractivity contribution in [3.8, 4) is 0 Å². The van der Waals surface area contributed by atoms with Crippen LogP contribution in [0.2, 0.25) is 0 Å². The zero-order valence-corrected chi connectivity index (χ0v) is 16.0. The number of carbonyl (C=O) groups excluding carboxylic acids is 2. The molecule has 1 heterocycles. The Bertz CT molecular complexity index is 657. The van der Waals surface area contributed by atoms with Crippen molar-refractivity contribution in [2.45, 2.75) is 19.1 Å². The molecule has 1 aliphatic heterocycles. The average Bonchev–Trinajstić information content (AvgIpc) is 2.56. The van der Waals surface area contributed by atoms with Crippen LogP contribution >= 0.6 is 12.4 Å². The molecule has 1 aromatic carbocycles. The van der Waals surface area contributed by atoms with Crippen LogP contribution in [0.15, 0.2) is 24.3 Å². The summed E-state index contributed by atoms with van der Waals surface area (Å²) in [6.07, 6.45) is -4.57. The second-order valence-corrected chi connectivity index (χ2v) is 6.36. The van der Waals surface area contributed by atoms with Gasteiger partial charge in [-0.3, -0.25) is 14.5 Å². The van der Waals surface area contributed by atoms with E-state index in [-0.39, 0.29) is 43.1 Å². The number of alkyl halides is 3. The van der Waals surface area contributed by atoms with Gasteiger partial charge in [-0.15, -0.1) is 12.4 Å². The van der Waals surface area contributed by atoms with Gasteiger partial charge < -0.3 is 15.5 Å². The first kappa shape index (κ1) is 23.2. The summed E-state index contributed by atoms with van der Waals surface area (Å²) in [4.78, 5) is 27.6. The van der Waals surface area contributed by atoms with E-state index in [9.17, 15) is 22.8 Å². The number of hydrogen-bond donors (Lipinski definition) is 2. The molecule has 1 fully saturated rings. The summed E-state index contributed by atoms with van der Waals surface area (Å²) in [6.45, 7) is 4.16. The number of amides is 2. The van der Waals surface area contributed by atoms with Crippen molar-refractivity contribution in [1.29, 1.82) is 0 Å². The summed E-state index contributed by atoms with van der Waals surface area (Å²) in [6, 6.07) is 4.95. The van der Waals surface area contributed by atoms with Gasteiger partial charge in [0.2, 0.25) is 11.8 Å². The van der Waals surface area contributed by atoms with Gasteiger partial charge in [0.05, 0.1) is 24.3 Å². The molecule has 1 aromatic rings. The number of benzene rings is 1. The van der Waals surface area contributed by atoms with E-state index in [1.807, 2.05) is 11.8 Å². The number of likely N-dealkylation sites (N-methyl/N-ethyl adjacent to an activating group) is 1. The molecule has 0 unspecified atom stereocenters. The summed E-state index contributed by atoms with van der Waals surface area (Å²) in [5, 5.41) is 5.46. The predicted molar refractivity (Wildman–Crippen MR) is 98.9 cm³/mol. The van der Waals surface area contributed by atoms with Crippen molar-refractivity contribution in [2.24, 2.45) is 0 Å². The van der Waals surface area contributed by atoms with Crippen LogP contribution in [0.4, 0.5) is 18.9 Å². The first-order valence-corrected chi connectivity index (χ1v) is 8.33. The van der Waals surface area contributed by atoms with Crippen molar-refractivity contribution < 1.29 is 22.8 Å². The van der Waals surface area contributed by atoms with E-state index in [0.29, 0.717) is 0 Å². The number of halogens is 4. The Labute approximate surface area is 162 Å². The second kappa shape index (κ2) is 9.91. The van der Waals surface area contributed by atoms with E-state index in [4.69, 9.17) is 0 Å². The minimum Gasteiger partial charge on any atom is -0.335 e. The molecule has 1 aliphatic rings. The molecule has 0 aliphatic carbocycles. The van der Waals surface area contributed by atoms with Gasteiger partial charge in [-0.25, -0.2) is 0 Å². The lowest BCUT2D eigenvalue weighted by atomic mass is 10.1. The molecular formula is C17H24ClF3N4O2. The van der Waals surface area contributed by atoms with Crippen LogP contribution in [-0.4, -0.2) is 67.4 Å². The van der Waals surface area contributed by atoms with Crippen molar-refractivity contribution in [3.63, 3.8) is 0 Å². The highest BCUT2D eigenvalue weighted by Gasteiger charge is 2.33. The Kier molecular flexibility index (Phi) is 8.52. The monoisotopic (exact) mass is 408 g/mol. The van der Waals surface area contributed by atoms with E-state index in [2.05, 4.69) is 10.6 Å². The maximum Gasteiger partial charge on any atom is 0.418 e. The molecule has 0 saturated carbocycles. The lowest BCUT2D eigenvalue weighted by molar-refractivity contribution is -0.137. The third-order valence-corrected chi connectivity index (χ3v) is 4.29. The Morgan fingerprint density at radius 1 is 1.33 bits per heavy atom. The molecule has 2 amide bonds. The maximum absolute atomic E-state index is 13.0. The topological polar surface area (TPSA) is 64.7 Å². The molecule has 1 atom stereocenters. The van der Waals surface area contributed by atoms with Crippen molar-refractivity contribution in [3.05, 3.63) is 29.8 Å². The highest BCUT2D eigenvalue weighted by Crippen LogP contribution is 2.34. The number of nitrogens with zero attached hydrogens (tertiary/aromatic N) is 2. The number of rotatable bonds is 5. The molecule has 0 radical (unpaired) electrons. The van der Waals surface area contributed by atoms with Gasteiger partial charge in [0, 0.05) is 32.7 Å². The van der Waals surface area contributed by atoms with Gasteiger partial charge in [0.25, 0.3) is 0 Å². The van der Waals surface area contributed by atoms with Crippen LogP contribution in [0.25, 0.3) is 0 Å². The SMILES string of the molecule is C[C@H]1CNCCN1CC(=O)N(C)CC(=O)Nc1ccccc1C(F)(F)F.Cl. The van der Waals surface area contributed by atoms with Crippen LogP contribution in [0.3, 0.4) is 0 Å². The summed E-state index contributed by atoms with van der Waals surface area (Å²) in [5.74, 6) is -0.927. The highest BCUT2D eigenvalue weighted by atomic mass is 35.5. The zero-order valence-electron chi connectivity index (χ0n) is 15.2. The fourth-order valence-corrected chi connectivity index (χ4v) is 2.75. The van der Waals surface area contributed by atoms with Gasteiger partial charge in [0.15, 0.2) is 0 Å². The van der Waals surface area contributed by atoms with Gasteiger partial charge in [-0.05, 0) is 19.1 Å². The van der Waals surface area contributed by atoms with Crippen LogP contribution in [0.5, 0.6) is 0 Å². The fraction of sp³-hybridized carbons (Fsp3) is 0.529. The summed E-state index contributed by atoms with van der Waals surface area (Å²) in [7, 11) is 1.46. The van der Waals surface area contributed by atoms with E-state index in [1.165, 1.54) is 30.1 Å². The maximum atomic E-state index is 13.0. The van der Waals surface area contributed by atoms with Crippen molar-refractivity contribution in [1.82, 2.24) is 15.1 Å². The number of piperazine rings is 1. The van der Waals surface area contributed by atoms with E-state index >= 15 is 0 Å². The highest BCUT2D eigenvalue weighted by molar-refractivity contribution is 5.95. The molecule has 6 nitrogen and oxygen atoms in total. The molecule has 2 N–H and O–H groups in total. The van der Waals surface area contributed by atoms with E-state index < -0.39 is 17.6 Å². The minimum absolute atomic E-state index is 0. The Morgan fingerprint density at radius 2 is 2.00 bits per heavy atom. The standard InChI is InChI=1S/C17H23F3N4O2.ClH/c1-12-9-21-7-8-24(12)11-16(26)23(2)10-15(25)22-14-6-4-3-5-13(14)17(18,19)20;/h3-6,12,21H,7-11H2,1-2H3,(H,22,25);1H/t12-;/m0./s1. The minimum atomic E-state index is -4.57. The third-order valence-electron chi connectivity index (χ3n) is 4.29. The van der Waals surface area contributed by atoms with Crippen LogP contribution in [0, 0.1) is 0 Å². The first-order chi connectivity index (χ1) is 12.2. The number of hydrogen-bond acceptors (Lipinski definition) is 4. The zero-order chi connectivity index (χ0) is 19.3. The second-order valence-electron chi connectivity index (χ2n) is 6.36.